The molecule has 15 aromatic rings. The van der Waals surface area contributed by atoms with E-state index in [9.17, 15) is 0 Å². The summed E-state index contributed by atoms with van der Waals surface area (Å²) < 4.78 is 7.19. The second-order valence-corrected chi connectivity index (χ2v) is 19.0. The van der Waals surface area contributed by atoms with Gasteiger partial charge in [0.1, 0.15) is 0 Å². The lowest BCUT2D eigenvalue weighted by Crippen LogP contribution is -2.07. The van der Waals surface area contributed by atoms with Gasteiger partial charge in [0.2, 0.25) is 5.95 Å². The maximum atomic E-state index is 5.45. The second kappa shape index (κ2) is 14.8. The molecule has 0 saturated heterocycles. The van der Waals surface area contributed by atoms with Gasteiger partial charge in [-0.3, -0.25) is 4.57 Å². The zero-order chi connectivity index (χ0) is 45.2. The summed E-state index contributed by atoms with van der Waals surface area (Å²) in [5.74, 6) is 1.81. The van der Waals surface area contributed by atoms with Crippen molar-refractivity contribution in [3.63, 3.8) is 0 Å². The van der Waals surface area contributed by atoms with Crippen molar-refractivity contribution in [1.82, 2.24) is 24.1 Å². The highest BCUT2D eigenvalue weighted by Gasteiger charge is 2.24. The Bertz CT molecular complexity index is 4580. The van der Waals surface area contributed by atoms with Crippen LogP contribution in [0.1, 0.15) is 0 Å². The normalized spacial score (nSPS) is 12.1. The highest BCUT2D eigenvalue weighted by molar-refractivity contribution is 7.25. The number of para-hydroxylation sites is 2. The number of thiophene rings is 1. The fourth-order valence-corrected chi connectivity index (χ4v) is 12.2. The van der Waals surface area contributed by atoms with Crippen molar-refractivity contribution in [2.24, 2.45) is 0 Å². The van der Waals surface area contributed by atoms with E-state index in [0.29, 0.717) is 17.6 Å². The zero-order valence-electron chi connectivity index (χ0n) is 37.0. The first-order chi connectivity index (χ1) is 34.2. The van der Waals surface area contributed by atoms with Crippen LogP contribution in [0.2, 0.25) is 0 Å². The summed E-state index contributed by atoms with van der Waals surface area (Å²) in [7, 11) is 0. The van der Waals surface area contributed by atoms with E-state index in [0.717, 1.165) is 60.6 Å². The van der Waals surface area contributed by atoms with Gasteiger partial charge in [0.25, 0.3) is 0 Å². The van der Waals surface area contributed by atoms with Gasteiger partial charge in [-0.15, -0.1) is 11.3 Å². The molecule has 15 rings (SSSR count). The Hall–Kier alpha value is -8.97. The number of benzene rings is 11. The van der Waals surface area contributed by atoms with Crippen molar-refractivity contribution in [2.45, 2.75) is 0 Å². The molecule has 320 valence electrons. The Balaban J connectivity index is 0.992. The fourth-order valence-electron chi connectivity index (χ4n) is 11.1. The van der Waals surface area contributed by atoms with Crippen LogP contribution in [0.3, 0.4) is 0 Å². The topological polar surface area (TPSA) is 48.5 Å². The summed E-state index contributed by atoms with van der Waals surface area (Å²) in [6.45, 7) is 0. The fraction of sp³-hybridized carbons (Fsp3) is 0. The molecule has 0 amide bonds. The molecule has 5 nitrogen and oxygen atoms in total. The van der Waals surface area contributed by atoms with Gasteiger partial charge in [0.05, 0.1) is 22.1 Å². The molecule has 0 unspecified atom stereocenters. The van der Waals surface area contributed by atoms with E-state index in [2.05, 4.69) is 215 Å². The molecule has 11 aromatic carbocycles. The maximum Gasteiger partial charge on any atom is 0.238 e. The molecule has 0 N–H and O–H groups in total. The van der Waals surface area contributed by atoms with Crippen LogP contribution >= 0.6 is 11.3 Å². The van der Waals surface area contributed by atoms with Gasteiger partial charge in [-0.25, -0.2) is 4.98 Å². The average molecular weight is 896 g/mol. The molecule has 0 atom stereocenters. The predicted octanol–water partition coefficient (Wildman–Crippen LogP) is 16.9. The third-order valence-electron chi connectivity index (χ3n) is 14.1. The van der Waals surface area contributed by atoms with E-state index >= 15 is 0 Å². The molecule has 0 aliphatic carbocycles. The summed E-state index contributed by atoms with van der Waals surface area (Å²) in [5.41, 5.74) is 9.55. The number of aromatic nitrogens is 5. The predicted molar refractivity (Wildman–Crippen MR) is 290 cm³/mol. The van der Waals surface area contributed by atoms with Crippen LogP contribution < -0.4 is 0 Å². The van der Waals surface area contributed by atoms with Crippen molar-refractivity contribution in [1.29, 1.82) is 0 Å². The number of nitrogens with zero attached hydrogens (tertiary/aromatic N) is 5. The lowest BCUT2D eigenvalue weighted by atomic mass is 9.92. The van der Waals surface area contributed by atoms with E-state index in [1.165, 1.54) is 63.4 Å². The largest absolute Gasteiger partial charge is 0.307 e. The molecular formula is C63H37N5S. The Morgan fingerprint density at radius 3 is 1.46 bits per heavy atom. The Morgan fingerprint density at radius 2 is 0.754 bits per heavy atom. The summed E-state index contributed by atoms with van der Waals surface area (Å²) in [5, 5.41) is 14.7. The monoisotopic (exact) mass is 895 g/mol. The van der Waals surface area contributed by atoms with Crippen molar-refractivity contribution in [3.05, 3.63) is 224 Å². The van der Waals surface area contributed by atoms with E-state index in [-0.39, 0.29) is 0 Å². The van der Waals surface area contributed by atoms with E-state index in [1.54, 1.807) is 11.3 Å². The zero-order valence-corrected chi connectivity index (χ0v) is 37.8. The first-order valence-corrected chi connectivity index (χ1v) is 24.2. The summed E-state index contributed by atoms with van der Waals surface area (Å²) in [4.78, 5) is 16.1. The van der Waals surface area contributed by atoms with Crippen LogP contribution in [0.25, 0.3) is 142 Å². The maximum absolute atomic E-state index is 5.45. The molecule has 0 spiro atoms. The smallest absolute Gasteiger partial charge is 0.238 e. The number of hydrogen-bond donors (Lipinski definition) is 0. The quantitative estimate of drug-likeness (QED) is 0.162. The minimum atomic E-state index is 0.565. The molecule has 0 aliphatic rings. The summed E-state index contributed by atoms with van der Waals surface area (Å²) in [6, 6.07) is 81.1. The molecule has 4 heterocycles. The molecule has 69 heavy (non-hydrogen) atoms. The number of hydrogen-bond acceptors (Lipinski definition) is 4. The van der Waals surface area contributed by atoms with Crippen LogP contribution in [-0.2, 0) is 0 Å². The summed E-state index contributed by atoms with van der Waals surface area (Å²) in [6.07, 6.45) is 0. The van der Waals surface area contributed by atoms with Crippen LogP contribution in [-0.4, -0.2) is 24.1 Å². The SMILES string of the molecule is c1ccc(-c2nc(-c3ccc4c(c3)sc3ccccc34)nc(-n3c4ccccc4c4ccc5c6ccccc6n(-c6cccc(-c7ccc8c9ccccc9c9ccccc9c8c7)c6)c5c43)n2)cc1. The van der Waals surface area contributed by atoms with Gasteiger partial charge in [-0.05, 0) is 85.9 Å². The van der Waals surface area contributed by atoms with E-state index < -0.39 is 0 Å². The van der Waals surface area contributed by atoms with Crippen molar-refractivity contribution in [3.8, 4) is 45.5 Å². The van der Waals surface area contributed by atoms with Crippen LogP contribution in [0.4, 0.5) is 0 Å². The standard InChI is InChI=1S/C63H37N5S/c1-2-15-38(16-3-1)61-64-62(41-30-32-51-50-25-10-13-28-57(50)69-58(51)37-41)66-63(65-61)68-56-27-12-9-24-49(56)53-34-33-52-48-23-8-11-26-55(48)67(59(52)60(53)68)42-18-14-17-39(35-42)40-29-31-47-45-21-5-4-19-43(45)44-20-6-7-22-46(44)54(47)36-40/h1-37H. The Kier molecular flexibility index (Phi) is 8.17. The van der Waals surface area contributed by atoms with Crippen molar-refractivity contribution >= 4 is 107 Å². The lowest BCUT2D eigenvalue weighted by Gasteiger charge is -2.15. The number of rotatable bonds is 5. The van der Waals surface area contributed by atoms with Crippen molar-refractivity contribution < 1.29 is 0 Å². The first kappa shape index (κ1) is 38.2. The minimum Gasteiger partial charge on any atom is -0.307 e. The van der Waals surface area contributed by atoms with Gasteiger partial charge < -0.3 is 4.57 Å². The van der Waals surface area contributed by atoms with Crippen molar-refractivity contribution in [2.75, 3.05) is 0 Å². The molecule has 4 aromatic heterocycles. The van der Waals surface area contributed by atoms with Gasteiger partial charge in [0, 0.05) is 58.5 Å². The number of fused-ring (bicyclic) bond motifs is 16. The van der Waals surface area contributed by atoms with Crippen LogP contribution in [0.5, 0.6) is 0 Å². The van der Waals surface area contributed by atoms with Crippen LogP contribution in [0.15, 0.2) is 224 Å². The third kappa shape index (κ3) is 5.73. The van der Waals surface area contributed by atoms with Gasteiger partial charge in [0.15, 0.2) is 11.6 Å². The van der Waals surface area contributed by atoms with E-state index in [4.69, 9.17) is 15.0 Å². The lowest BCUT2D eigenvalue weighted by molar-refractivity contribution is 0.953. The van der Waals surface area contributed by atoms with Crippen LogP contribution in [0, 0.1) is 0 Å². The Morgan fingerprint density at radius 1 is 0.275 bits per heavy atom. The molecule has 0 saturated carbocycles. The van der Waals surface area contributed by atoms with Gasteiger partial charge in [-0.2, -0.15) is 9.97 Å². The van der Waals surface area contributed by atoms with Gasteiger partial charge >= 0.3 is 0 Å². The molecule has 0 aliphatic heterocycles. The Labute approximate surface area is 399 Å². The third-order valence-corrected chi connectivity index (χ3v) is 15.3. The second-order valence-electron chi connectivity index (χ2n) is 17.9. The van der Waals surface area contributed by atoms with E-state index in [1.807, 2.05) is 18.2 Å². The molecule has 0 fully saturated rings. The molecule has 0 radical (unpaired) electrons. The molecular weight excluding hydrogens is 859 g/mol. The minimum absolute atomic E-state index is 0.565. The average Bonchev–Trinajstić information content (AvgIpc) is 4.09. The summed E-state index contributed by atoms with van der Waals surface area (Å²) >= 11 is 1.80. The molecule has 6 heteroatoms. The highest BCUT2D eigenvalue weighted by Crippen LogP contribution is 2.43. The first-order valence-electron chi connectivity index (χ1n) is 23.3. The highest BCUT2D eigenvalue weighted by atomic mass is 32.1. The molecule has 0 bridgehead atoms. The van der Waals surface area contributed by atoms with Gasteiger partial charge in [-0.1, -0.05) is 182 Å².